The third-order valence-electron chi connectivity index (χ3n) is 2.91. The maximum Gasteiger partial charge on any atom is 0.332 e. The van der Waals surface area contributed by atoms with Crippen LogP contribution in [0.1, 0.15) is 19.4 Å². The highest BCUT2D eigenvalue weighted by molar-refractivity contribution is 5.84. The van der Waals surface area contributed by atoms with Crippen molar-refractivity contribution in [3.8, 4) is 17.2 Å². The lowest BCUT2D eigenvalue weighted by atomic mass is 10.1. The van der Waals surface area contributed by atoms with Crippen LogP contribution in [0.3, 0.4) is 0 Å². The second-order valence-corrected chi connectivity index (χ2v) is 4.56. The van der Waals surface area contributed by atoms with Gasteiger partial charge in [-0.05, 0) is 38.1 Å². The van der Waals surface area contributed by atoms with Crippen molar-refractivity contribution in [2.75, 3.05) is 13.2 Å². The largest absolute Gasteiger partial charge is 0.492 e. The second-order valence-electron chi connectivity index (χ2n) is 4.56. The number of hydrogen-bond donors (Lipinski definition) is 2. The van der Waals surface area contributed by atoms with Crippen molar-refractivity contribution in [2.45, 2.75) is 13.8 Å². The molecule has 3 N–H and O–H groups in total. The molecule has 122 valence electrons. The fourth-order valence-electron chi connectivity index (χ4n) is 2.12. The Morgan fingerprint density at radius 1 is 1.22 bits per heavy atom. The van der Waals surface area contributed by atoms with Crippen LogP contribution in [-0.2, 0) is 0 Å². The molecular formula is C16H20N4O3. The van der Waals surface area contributed by atoms with E-state index >= 15 is 0 Å². The molecule has 1 heterocycles. The Kier molecular flexibility index (Phi) is 5.62. The van der Waals surface area contributed by atoms with Crippen LogP contribution in [0.2, 0.25) is 0 Å². The van der Waals surface area contributed by atoms with Crippen molar-refractivity contribution >= 4 is 12.2 Å². The van der Waals surface area contributed by atoms with E-state index in [4.69, 9.17) is 15.2 Å². The number of rotatable bonds is 7. The Labute approximate surface area is 134 Å². The predicted molar refractivity (Wildman–Crippen MR) is 88.4 cm³/mol. The molecule has 23 heavy (non-hydrogen) atoms. The molecule has 7 heteroatoms. The van der Waals surface area contributed by atoms with E-state index in [1.165, 1.54) is 6.21 Å². The molecular weight excluding hydrogens is 296 g/mol. The molecule has 0 unspecified atom stereocenters. The Morgan fingerprint density at radius 2 is 1.78 bits per heavy atom. The molecule has 0 bridgehead atoms. The van der Waals surface area contributed by atoms with Crippen LogP contribution >= 0.6 is 0 Å². The fourth-order valence-corrected chi connectivity index (χ4v) is 2.12. The van der Waals surface area contributed by atoms with E-state index in [0.717, 1.165) is 11.3 Å². The van der Waals surface area contributed by atoms with Gasteiger partial charge in [0.15, 0.2) is 0 Å². The minimum absolute atomic E-state index is 0.514. The summed E-state index contributed by atoms with van der Waals surface area (Å²) in [6, 6.07) is 6.79. The van der Waals surface area contributed by atoms with Gasteiger partial charge < -0.3 is 19.8 Å². The molecule has 7 nitrogen and oxygen atoms in total. The third-order valence-corrected chi connectivity index (χ3v) is 2.91. The zero-order chi connectivity index (χ0) is 16.7. The fraction of sp³-hybridized carbons (Fsp3) is 0.250. The van der Waals surface area contributed by atoms with Crippen molar-refractivity contribution in [1.29, 1.82) is 0 Å². The highest BCUT2D eigenvalue weighted by Crippen LogP contribution is 2.34. The van der Waals surface area contributed by atoms with Crippen molar-refractivity contribution < 1.29 is 14.3 Å². The van der Waals surface area contributed by atoms with Gasteiger partial charge in [0.2, 0.25) is 0 Å². The van der Waals surface area contributed by atoms with Crippen molar-refractivity contribution in [1.82, 2.24) is 9.99 Å². The number of hydrogen-bond acceptors (Lipinski definition) is 4. The quantitative estimate of drug-likeness (QED) is 0.606. The minimum atomic E-state index is -0.722. The van der Waals surface area contributed by atoms with Crippen LogP contribution in [0.4, 0.5) is 4.79 Å². The van der Waals surface area contributed by atoms with Gasteiger partial charge in [0.25, 0.3) is 0 Å². The summed E-state index contributed by atoms with van der Waals surface area (Å²) in [7, 11) is 0. The van der Waals surface area contributed by atoms with Gasteiger partial charge in [0.05, 0.1) is 19.4 Å². The third kappa shape index (κ3) is 4.26. The number of carbonyl (C=O) groups excluding carboxylic acids is 1. The first-order valence-corrected chi connectivity index (χ1v) is 7.31. The number of benzene rings is 1. The average molecular weight is 316 g/mol. The van der Waals surface area contributed by atoms with Crippen LogP contribution in [0, 0.1) is 0 Å². The number of nitrogens with two attached hydrogens (primary N) is 1. The Bertz CT molecular complexity index is 654. The summed E-state index contributed by atoms with van der Waals surface area (Å²) < 4.78 is 13.4. The summed E-state index contributed by atoms with van der Waals surface area (Å²) in [6.07, 6.45) is 5.32. The molecule has 0 atom stereocenters. The predicted octanol–water partition coefficient (Wildman–Crippen LogP) is 2.28. The summed E-state index contributed by atoms with van der Waals surface area (Å²) >= 11 is 0. The number of nitrogens with zero attached hydrogens (tertiary/aromatic N) is 2. The topological polar surface area (TPSA) is 90.9 Å². The molecule has 0 radical (unpaired) electrons. The molecule has 1 aromatic heterocycles. The van der Waals surface area contributed by atoms with Crippen molar-refractivity contribution in [3.05, 3.63) is 42.2 Å². The highest BCUT2D eigenvalue weighted by atomic mass is 16.5. The second kappa shape index (κ2) is 7.88. The van der Waals surface area contributed by atoms with E-state index in [1.807, 2.05) is 55.1 Å². The molecule has 0 aliphatic carbocycles. The van der Waals surface area contributed by atoms with E-state index in [1.54, 1.807) is 0 Å². The van der Waals surface area contributed by atoms with E-state index in [-0.39, 0.29) is 0 Å². The molecule has 2 aromatic rings. The molecule has 2 rings (SSSR count). The normalized spacial score (nSPS) is 10.7. The lowest BCUT2D eigenvalue weighted by molar-refractivity contribution is 0.249. The summed E-state index contributed by atoms with van der Waals surface area (Å²) in [5.41, 5.74) is 8.69. The van der Waals surface area contributed by atoms with Crippen LogP contribution in [0.15, 0.2) is 41.8 Å². The number of nitrogens with one attached hydrogen (secondary N) is 1. The minimum Gasteiger partial charge on any atom is -0.492 e. The number of ether oxygens (including phenoxy) is 2. The summed E-state index contributed by atoms with van der Waals surface area (Å²) in [5, 5.41) is 3.77. The molecule has 0 fully saturated rings. The number of primary amides is 1. The first-order chi connectivity index (χ1) is 11.2. The van der Waals surface area contributed by atoms with Gasteiger partial charge in [0, 0.05) is 18.0 Å². The van der Waals surface area contributed by atoms with Crippen LogP contribution in [0.25, 0.3) is 5.69 Å². The van der Waals surface area contributed by atoms with Crippen LogP contribution in [0.5, 0.6) is 11.5 Å². The monoisotopic (exact) mass is 316 g/mol. The van der Waals surface area contributed by atoms with E-state index < -0.39 is 6.03 Å². The molecule has 0 saturated carbocycles. The van der Waals surface area contributed by atoms with Crippen molar-refractivity contribution in [2.24, 2.45) is 10.8 Å². The number of aromatic nitrogens is 1. The molecule has 0 spiro atoms. The first-order valence-electron chi connectivity index (χ1n) is 7.31. The Morgan fingerprint density at radius 3 is 2.26 bits per heavy atom. The smallest absolute Gasteiger partial charge is 0.332 e. The standard InChI is InChI=1S/C16H20N4O3/c1-3-22-13-9-12(11-18-19-16(17)21)10-14(23-4-2)15(13)20-7-5-6-8-20/h5-11H,3-4H2,1-2H3,(H3,17,19,21). The Balaban J connectivity index is 2.48. The van der Waals surface area contributed by atoms with Crippen LogP contribution in [-0.4, -0.2) is 30.0 Å². The molecule has 1 aromatic carbocycles. The molecule has 2 amide bonds. The zero-order valence-corrected chi connectivity index (χ0v) is 13.2. The van der Waals surface area contributed by atoms with Gasteiger partial charge in [-0.3, -0.25) is 0 Å². The molecule has 0 aliphatic heterocycles. The lowest BCUT2D eigenvalue weighted by Crippen LogP contribution is -2.24. The SMILES string of the molecule is CCOc1cc(C=NNC(N)=O)cc(OCC)c1-n1cccc1. The van der Waals surface area contributed by atoms with Crippen molar-refractivity contribution in [3.63, 3.8) is 0 Å². The summed E-state index contributed by atoms with van der Waals surface area (Å²) in [4.78, 5) is 10.7. The molecule has 0 saturated heterocycles. The van der Waals surface area contributed by atoms with E-state index in [0.29, 0.717) is 24.7 Å². The van der Waals surface area contributed by atoms with Gasteiger partial charge >= 0.3 is 6.03 Å². The number of urea groups is 1. The van der Waals surface area contributed by atoms with Gasteiger partial charge in [-0.2, -0.15) is 5.10 Å². The van der Waals surface area contributed by atoms with E-state index in [9.17, 15) is 4.79 Å². The summed E-state index contributed by atoms with van der Waals surface area (Å²) in [5.74, 6) is 1.32. The average Bonchev–Trinajstić information content (AvgIpc) is 3.01. The maximum absolute atomic E-state index is 10.7. The zero-order valence-electron chi connectivity index (χ0n) is 13.2. The number of hydrazone groups is 1. The lowest BCUT2D eigenvalue weighted by Gasteiger charge is -2.17. The molecule has 0 aliphatic rings. The summed E-state index contributed by atoms with van der Waals surface area (Å²) in [6.45, 7) is 4.85. The highest BCUT2D eigenvalue weighted by Gasteiger charge is 2.14. The number of amides is 2. The maximum atomic E-state index is 10.7. The van der Waals surface area contributed by atoms with Crippen LogP contribution < -0.4 is 20.6 Å². The van der Waals surface area contributed by atoms with Gasteiger partial charge in [-0.15, -0.1) is 0 Å². The number of carbonyl (C=O) groups is 1. The Hall–Kier alpha value is -2.96. The first kappa shape index (κ1) is 16.4. The van der Waals surface area contributed by atoms with E-state index in [2.05, 4.69) is 10.5 Å². The van der Waals surface area contributed by atoms with Gasteiger partial charge in [-0.1, -0.05) is 0 Å². The van der Waals surface area contributed by atoms with Gasteiger partial charge in [-0.25, -0.2) is 10.2 Å². The van der Waals surface area contributed by atoms with Gasteiger partial charge in [0.1, 0.15) is 17.2 Å².